The van der Waals surface area contributed by atoms with Gasteiger partial charge in [0.15, 0.2) is 0 Å². The molecule has 0 amide bonds. The van der Waals surface area contributed by atoms with Crippen molar-refractivity contribution in [3.8, 4) is 0 Å². The Balaban J connectivity index is 2.16. The zero-order valence-corrected chi connectivity index (χ0v) is 13.8. The molecule has 1 atom stereocenters. The van der Waals surface area contributed by atoms with Crippen molar-refractivity contribution in [2.45, 2.75) is 19.5 Å². The van der Waals surface area contributed by atoms with Crippen LogP contribution in [0.4, 0.5) is 4.39 Å². The van der Waals surface area contributed by atoms with Gasteiger partial charge in [0.1, 0.15) is 5.82 Å². The Bertz CT molecular complexity index is 588. The molecule has 108 valence electrons. The molecule has 0 saturated heterocycles. The van der Waals surface area contributed by atoms with Crippen LogP contribution in [-0.2, 0) is 6.54 Å². The molecule has 0 bridgehead atoms. The Morgan fingerprint density at radius 3 is 2.80 bits per heavy atom. The number of aromatic nitrogens is 1. The summed E-state index contributed by atoms with van der Waals surface area (Å²) < 4.78 is 14.1. The summed E-state index contributed by atoms with van der Waals surface area (Å²) in [6.45, 7) is 3.11. The second-order valence-corrected chi connectivity index (χ2v) is 6.61. The summed E-state index contributed by atoms with van der Waals surface area (Å²) in [5.41, 5.74) is 7.76. The Labute approximate surface area is 130 Å². The molecule has 0 fully saturated rings. The van der Waals surface area contributed by atoms with Crippen molar-refractivity contribution in [2.75, 3.05) is 13.6 Å². The molecule has 2 rings (SSSR count). The van der Waals surface area contributed by atoms with Gasteiger partial charge in [0.2, 0.25) is 0 Å². The normalized spacial score (nSPS) is 12.9. The summed E-state index contributed by atoms with van der Waals surface area (Å²) in [6, 6.07) is 5.12. The van der Waals surface area contributed by atoms with Gasteiger partial charge in [-0.15, -0.1) is 11.3 Å². The first-order valence-electron chi connectivity index (χ1n) is 6.27. The van der Waals surface area contributed by atoms with Gasteiger partial charge in [0, 0.05) is 24.5 Å². The summed E-state index contributed by atoms with van der Waals surface area (Å²) in [4.78, 5) is 6.54. The van der Waals surface area contributed by atoms with Crippen LogP contribution in [-0.4, -0.2) is 23.5 Å². The second-order valence-electron chi connectivity index (χ2n) is 4.70. The highest BCUT2D eigenvalue weighted by Crippen LogP contribution is 2.24. The van der Waals surface area contributed by atoms with E-state index < -0.39 is 0 Å². The van der Waals surface area contributed by atoms with Crippen LogP contribution in [0.3, 0.4) is 0 Å². The van der Waals surface area contributed by atoms with Crippen molar-refractivity contribution in [2.24, 2.45) is 5.73 Å². The lowest BCUT2D eigenvalue weighted by atomic mass is 10.1. The number of rotatable bonds is 5. The summed E-state index contributed by atoms with van der Waals surface area (Å²) in [5, 5.41) is 3.09. The minimum Gasteiger partial charge on any atom is -0.329 e. The average Bonchev–Trinajstić information content (AvgIpc) is 2.80. The van der Waals surface area contributed by atoms with Crippen LogP contribution < -0.4 is 5.73 Å². The number of nitrogens with zero attached hydrogens (tertiary/aromatic N) is 2. The maximum atomic E-state index is 13.7. The predicted octanol–water partition coefficient (Wildman–Crippen LogP) is 3.48. The van der Waals surface area contributed by atoms with Gasteiger partial charge in [-0.25, -0.2) is 9.37 Å². The van der Waals surface area contributed by atoms with Crippen molar-refractivity contribution in [3.63, 3.8) is 0 Å². The van der Waals surface area contributed by atoms with Gasteiger partial charge in [0.05, 0.1) is 15.2 Å². The fourth-order valence-corrected chi connectivity index (χ4v) is 2.99. The molecule has 2 N–H and O–H groups in total. The van der Waals surface area contributed by atoms with E-state index in [-0.39, 0.29) is 11.9 Å². The Morgan fingerprint density at radius 2 is 2.25 bits per heavy atom. The van der Waals surface area contributed by atoms with Crippen LogP contribution in [0.2, 0.25) is 0 Å². The molecule has 1 aromatic carbocycles. The lowest BCUT2D eigenvalue weighted by Crippen LogP contribution is -2.30. The van der Waals surface area contributed by atoms with Gasteiger partial charge >= 0.3 is 0 Å². The maximum Gasteiger partial charge on any atom is 0.137 e. The van der Waals surface area contributed by atoms with Crippen LogP contribution in [0.1, 0.15) is 22.3 Å². The molecule has 1 unspecified atom stereocenters. The van der Waals surface area contributed by atoms with Crippen molar-refractivity contribution in [1.29, 1.82) is 0 Å². The highest BCUT2D eigenvalue weighted by molar-refractivity contribution is 9.10. The van der Waals surface area contributed by atoms with Crippen LogP contribution in [0.25, 0.3) is 0 Å². The standard InChI is InChI=1S/C14H17BrFN3S/c1-9-18-11(8-20-9)7-19(2)14(6-17)10-3-4-12(15)13(16)5-10/h3-5,8,14H,6-7,17H2,1-2H3. The predicted molar refractivity (Wildman–Crippen MR) is 84.2 cm³/mol. The molecule has 0 aliphatic heterocycles. The molecule has 0 aliphatic carbocycles. The molecule has 0 aliphatic rings. The SMILES string of the molecule is Cc1nc(CN(C)C(CN)c2ccc(Br)c(F)c2)cs1. The van der Waals surface area contributed by atoms with Gasteiger partial charge in [-0.3, -0.25) is 4.90 Å². The number of likely N-dealkylation sites (N-methyl/N-ethyl adjacent to an activating group) is 1. The number of thiazole rings is 1. The van der Waals surface area contributed by atoms with Gasteiger partial charge in [-0.2, -0.15) is 0 Å². The van der Waals surface area contributed by atoms with E-state index in [2.05, 4.69) is 25.8 Å². The van der Waals surface area contributed by atoms with Gasteiger partial charge in [-0.1, -0.05) is 6.07 Å². The zero-order chi connectivity index (χ0) is 14.7. The third-order valence-corrected chi connectivity index (χ3v) is 4.63. The molecular formula is C14H17BrFN3S. The lowest BCUT2D eigenvalue weighted by molar-refractivity contribution is 0.239. The minimum absolute atomic E-state index is 0.0281. The number of aryl methyl sites for hydroxylation is 1. The van der Waals surface area contributed by atoms with E-state index in [4.69, 9.17) is 5.73 Å². The summed E-state index contributed by atoms with van der Waals surface area (Å²) in [5.74, 6) is -0.265. The van der Waals surface area contributed by atoms with Crippen molar-refractivity contribution < 1.29 is 4.39 Å². The number of benzene rings is 1. The summed E-state index contributed by atoms with van der Waals surface area (Å²) >= 11 is 4.80. The second kappa shape index (κ2) is 6.76. The maximum absolute atomic E-state index is 13.7. The first kappa shape index (κ1) is 15.6. The topological polar surface area (TPSA) is 42.2 Å². The molecule has 0 radical (unpaired) electrons. The van der Waals surface area contributed by atoms with E-state index in [0.717, 1.165) is 16.3 Å². The summed E-state index contributed by atoms with van der Waals surface area (Å²) in [6.07, 6.45) is 0. The first-order chi connectivity index (χ1) is 9.51. The van der Waals surface area contributed by atoms with Crippen LogP contribution >= 0.6 is 27.3 Å². The zero-order valence-electron chi connectivity index (χ0n) is 11.4. The lowest BCUT2D eigenvalue weighted by Gasteiger charge is -2.26. The molecule has 0 saturated carbocycles. The molecule has 1 aromatic heterocycles. The van der Waals surface area contributed by atoms with Gasteiger partial charge in [0.25, 0.3) is 0 Å². The highest BCUT2D eigenvalue weighted by Gasteiger charge is 2.17. The minimum atomic E-state index is -0.265. The third-order valence-electron chi connectivity index (χ3n) is 3.16. The van der Waals surface area contributed by atoms with E-state index in [1.807, 2.05) is 25.4 Å². The van der Waals surface area contributed by atoms with Crippen molar-refractivity contribution >= 4 is 27.3 Å². The van der Waals surface area contributed by atoms with Crippen LogP contribution in [0, 0.1) is 12.7 Å². The quantitative estimate of drug-likeness (QED) is 0.890. The van der Waals surface area contributed by atoms with Crippen LogP contribution in [0.5, 0.6) is 0 Å². The molecule has 6 heteroatoms. The number of nitrogens with two attached hydrogens (primary N) is 1. The molecule has 3 nitrogen and oxygen atoms in total. The van der Waals surface area contributed by atoms with E-state index in [0.29, 0.717) is 17.6 Å². The van der Waals surface area contributed by atoms with E-state index >= 15 is 0 Å². The molecule has 0 spiro atoms. The van der Waals surface area contributed by atoms with E-state index in [1.54, 1.807) is 17.4 Å². The molecule has 1 heterocycles. The third kappa shape index (κ3) is 3.63. The highest BCUT2D eigenvalue weighted by atomic mass is 79.9. The first-order valence-corrected chi connectivity index (χ1v) is 7.94. The van der Waals surface area contributed by atoms with Crippen molar-refractivity contribution in [1.82, 2.24) is 9.88 Å². The fourth-order valence-electron chi connectivity index (χ4n) is 2.14. The number of hydrogen-bond acceptors (Lipinski definition) is 4. The monoisotopic (exact) mass is 357 g/mol. The van der Waals surface area contributed by atoms with E-state index in [9.17, 15) is 4.39 Å². The Kier molecular flexibility index (Phi) is 5.26. The van der Waals surface area contributed by atoms with Gasteiger partial charge in [-0.05, 0) is 47.6 Å². The number of hydrogen-bond donors (Lipinski definition) is 1. The van der Waals surface area contributed by atoms with E-state index in [1.165, 1.54) is 6.07 Å². The molecule has 20 heavy (non-hydrogen) atoms. The smallest absolute Gasteiger partial charge is 0.137 e. The van der Waals surface area contributed by atoms with Crippen LogP contribution in [0.15, 0.2) is 28.1 Å². The Hall–Kier alpha value is -0.820. The molecule has 2 aromatic rings. The van der Waals surface area contributed by atoms with Crippen molar-refractivity contribution in [3.05, 3.63) is 50.1 Å². The Morgan fingerprint density at radius 1 is 1.50 bits per heavy atom. The average molecular weight is 358 g/mol. The number of halogens is 2. The summed E-state index contributed by atoms with van der Waals surface area (Å²) in [7, 11) is 1.98. The molecular weight excluding hydrogens is 341 g/mol. The fraction of sp³-hybridized carbons (Fsp3) is 0.357. The largest absolute Gasteiger partial charge is 0.329 e. The van der Waals surface area contributed by atoms with Gasteiger partial charge < -0.3 is 5.73 Å².